The number of aromatic nitrogens is 2. The van der Waals surface area contributed by atoms with Gasteiger partial charge in [0.15, 0.2) is 0 Å². The van der Waals surface area contributed by atoms with Crippen LogP contribution in [0.2, 0.25) is 0 Å². The Morgan fingerprint density at radius 2 is 2.14 bits per heavy atom. The van der Waals surface area contributed by atoms with Crippen LogP contribution in [0.4, 0.5) is 18.9 Å². The van der Waals surface area contributed by atoms with Crippen molar-refractivity contribution in [2.24, 2.45) is 0 Å². The summed E-state index contributed by atoms with van der Waals surface area (Å²) < 4.78 is 40.4. The highest BCUT2D eigenvalue weighted by Crippen LogP contribution is 2.41. The maximum Gasteiger partial charge on any atom is 0.423 e. The van der Waals surface area contributed by atoms with Crippen LogP contribution in [0.15, 0.2) is 47.4 Å². The Morgan fingerprint density at radius 1 is 1.39 bits per heavy atom. The number of carbonyl (C=O) groups excluding carboxylic acids is 1. The second-order valence-electron chi connectivity index (χ2n) is 5.99. The third-order valence-corrected chi connectivity index (χ3v) is 4.23. The van der Waals surface area contributed by atoms with E-state index in [0.717, 1.165) is 17.8 Å². The summed E-state index contributed by atoms with van der Waals surface area (Å²) in [5.41, 5.74) is -1.57. The Morgan fingerprint density at radius 3 is 2.86 bits per heavy atom. The number of fused-ring (bicyclic) bond motifs is 1. The van der Waals surface area contributed by atoms with Crippen molar-refractivity contribution in [2.75, 3.05) is 11.5 Å². The minimum absolute atomic E-state index is 0.112. The molecule has 0 saturated heterocycles. The highest BCUT2D eigenvalue weighted by molar-refractivity contribution is 5.81. The Labute approximate surface area is 157 Å². The smallest absolute Gasteiger partial charge is 0.356 e. The maximum absolute atomic E-state index is 13.5. The van der Waals surface area contributed by atoms with Crippen molar-refractivity contribution in [3.05, 3.63) is 69.7 Å². The molecular weight excluding hydrogens is 379 g/mol. The van der Waals surface area contributed by atoms with Crippen molar-refractivity contribution in [3.63, 3.8) is 0 Å². The van der Waals surface area contributed by atoms with Crippen LogP contribution in [-0.2, 0) is 27.3 Å². The molecule has 28 heavy (non-hydrogen) atoms. The number of nitrogens with zero attached hydrogens (tertiary/aromatic N) is 2. The van der Waals surface area contributed by atoms with E-state index in [2.05, 4.69) is 9.99 Å². The van der Waals surface area contributed by atoms with Gasteiger partial charge in [-0.3, -0.25) is 9.68 Å². The van der Waals surface area contributed by atoms with E-state index < -0.39 is 29.3 Å². The third kappa shape index (κ3) is 3.91. The van der Waals surface area contributed by atoms with Crippen LogP contribution in [0.5, 0.6) is 0 Å². The van der Waals surface area contributed by atoms with Gasteiger partial charge < -0.3 is 4.90 Å². The van der Waals surface area contributed by atoms with E-state index >= 15 is 0 Å². The summed E-state index contributed by atoms with van der Waals surface area (Å²) in [5, 5.41) is 5.34. The van der Waals surface area contributed by atoms with Crippen LogP contribution >= 0.6 is 0 Å². The van der Waals surface area contributed by atoms with Gasteiger partial charge in [0, 0.05) is 12.6 Å². The van der Waals surface area contributed by atoms with Gasteiger partial charge in [-0.25, -0.2) is 9.89 Å². The highest BCUT2D eigenvalue weighted by Gasteiger charge is 2.42. The first-order valence-corrected chi connectivity index (χ1v) is 8.28. The first-order chi connectivity index (χ1) is 13.3. The normalized spacial score (nSPS) is 16.4. The molecule has 0 fully saturated rings. The van der Waals surface area contributed by atoms with E-state index in [1.165, 1.54) is 11.0 Å². The lowest BCUT2D eigenvalue weighted by molar-refractivity contribution is -0.269. The summed E-state index contributed by atoms with van der Waals surface area (Å²) in [6.45, 7) is 1.50. The molecule has 0 aliphatic carbocycles. The van der Waals surface area contributed by atoms with Gasteiger partial charge in [-0.05, 0) is 18.1 Å². The van der Waals surface area contributed by atoms with Gasteiger partial charge in [0.1, 0.15) is 12.2 Å². The van der Waals surface area contributed by atoms with Crippen molar-refractivity contribution in [2.45, 2.75) is 25.7 Å². The van der Waals surface area contributed by atoms with Gasteiger partial charge in [-0.2, -0.15) is 23.2 Å². The molecule has 0 radical (unpaired) electrons. The largest absolute Gasteiger partial charge is 0.423 e. The number of nitrogens with one attached hydrogen (secondary N) is 1. The molecule has 1 atom stereocenters. The summed E-state index contributed by atoms with van der Waals surface area (Å²) in [6, 6.07) is 6.29. The maximum atomic E-state index is 13.5. The zero-order chi connectivity index (χ0) is 20.3. The molecule has 1 aliphatic heterocycles. The number of anilines is 1. The van der Waals surface area contributed by atoms with Crippen molar-refractivity contribution in [1.82, 2.24) is 10.2 Å². The molecule has 2 heterocycles. The lowest BCUT2D eigenvalue weighted by Gasteiger charge is -2.28. The molecular formula is C18H16F3N3O4. The third-order valence-electron chi connectivity index (χ3n) is 4.23. The Kier molecular flexibility index (Phi) is 5.50. The van der Waals surface area contributed by atoms with Crippen LogP contribution in [0, 0.1) is 0 Å². The molecule has 2 aromatic rings. The predicted molar refractivity (Wildman–Crippen MR) is 92.1 cm³/mol. The SMILES string of the molecule is C/C=C/C(=O)OOCC1c2ccccc2CN1c1cn[nH]c(=O)c1C(F)(F)F. The number of hydrogen-bond donors (Lipinski definition) is 1. The standard InChI is InChI=1S/C18H16F3N3O4/c1-2-5-15(25)28-27-10-14-12-7-4-3-6-11(12)9-24(14)13-8-22-23-17(26)16(13)18(19,20)21/h2-8,14H,9-10H2,1H3,(H,23,26)/b5-2+. The number of aromatic amines is 1. The minimum atomic E-state index is -4.87. The number of halogens is 3. The van der Waals surface area contributed by atoms with Gasteiger partial charge in [0.05, 0.1) is 17.9 Å². The van der Waals surface area contributed by atoms with Crippen LogP contribution < -0.4 is 10.5 Å². The number of hydrogen-bond acceptors (Lipinski definition) is 6. The van der Waals surface area contributed by atoms with Gasteiger partial charge in [-0.1, -0.05) is 30.3 Å². The first-order valence-electron chi connectivity index (χ1n) is 8.28. The van der Waals surface area contributed by atoms with E-state index in [4.69, 9.17) is 4.89 Å². The van der Waals surface area contributed by atoms with E-state index in [9.17, 15) is 22.8 Å². The molecule has 1 aromatic heterocycles. The fourth-order valence-corrected chi connectivity index (χ4v) is 3.10. The summed E-state index contributed by atoms with van der Waals surface area (Å²) in [4.78, 5) is 34.2. The number of alkyl halides is 3. The molecule has 1 unspecified atom stereocenters. The molecule has 0 spiro atoms. The fourth-order valence-electron chi connectivity index (χ4n) is 3.10. The van der Waals surface area contributed by atoms with Crippen LogP contribution in [0.1, 0.15) is 29.7 Å². The summed E-state index contributed by atoms with van der Waals surface area (Å²) >= 11 is 0. The van der Waals surface area contributed by atoms with Gasteiger partial charge >= 0.3 is 12.1 Å². The molecule has 7 nitrogen and oxygen atoms in total. The molecule has 3 rings (SSSR count). The molecule has 1 N–H and O–H groups in total. The van der Waals surface area contributed by atoms with E-state index in [0.29, 0.717) is 5.56 Å². The lowest BCUT2D eigenvalue weighted by Crippen LogP contribution is -2.32. The average Bonchev–Trinajstić information content (AvgIpc) is 2.99. The second kappa shape index (κ2) is 7.85. The van der Waals surface area contributed by atoms with Crippen molar-refractivity contribution in [3.8, 4) is 0 Å². The molecule has 148 valence electrons. The number of H-pyrrole nitrogens is 1. The average molecular weight is 395 g/mol. The number of rotatable bonds is 5. The van der Waals surface area contributed by atoms with E-state index in [-0.39, 0.29) is 18.8 Å². The predicted octanol–water partition coefficient (Wildman–Crippen LogP) is 2.90. The first kappa shape index (κ1) is 19.6. The monoisotopic (exact) mass is 395 g/mol. The summed E-state index contributed by atoms with van der Waals surface area (Å²) in [7, 11) is 0. The number of carbonyl (C=O) groups is 1. The number of benzene rings is 1. The molecule has 1 aromatic carbocycles. The van der Waals surface area contributed by atoms with Crippen LogP contribution in [-0.4, -0.2) is 22.8 Å². The van der Waals surface area contributed by atoms with E-state index in [1.807, 2.05) is 5.10 Å². The van der Waals surface area contributed by atoms with Crippen LogP contribution in [0.25, 0.3) is 0 Å². The van der Waals surface area contributed by atoms with Crippen molar-refractivity contribution in [1.29, 1.82) is 0 Å². The molecule has 10 heteroatoms. The second-order valence-corrected chi connectivity index (χ2v) is 5.99. The lowest BCUT2D eigenvalue weighted by atomic mass is 10.1. The summed E-state index contributed by atoms with van der Waals surface area (Å²) in [5.74, 6) is -0.742. The Balaban J connectivity index is 1.95. The van der Waals surface area contributed by atoms with Crippen molar-refractivity contribution >= 4 is 11.7 Å². The zero-order valence-electron chi connectivity index (χ0n) is 14.7. The van der Waals surface area contributed by atoms with E-state index in [1.54, 1.807) is 31.2 Å². The number of allylic oxidation sites excluding steroid dienone is 1. The Hall–Kier alpha value is -3.14. The van der Waals surface area contributed by atoms with Gasteiger partial charge in [-0.15, -0.1) is 0 Å². The quantitative estimate of drug-likeness (QED) is 0.476. The minimum Gasteiger partial charge on any atom is -0.356 e. The Bertz CT molecular complexity index is 956. The molecule has 0 bridgehead atoms. The molecule has 1 aliphatic rings. The van der Waals surface area contributed by atoms with Crippen molar-refractivity contribution < 1.29 is 27.7 Å². The highest BCUT2D eigenvalue weighted by atomic mass is 19.4. The van der Waals surface area contributed by atoms with Gasteiger partial charge in [0.2, 0.25) is 0 Å². The van der Waals surface area contributed by atoms with Crippen LogP contribution in [0.3, 0.4) is 0 Å². The van der Waals surface area contributed by atoms with Gasteiger partial charge in [0.25, 0.3) is 5.56 Å². The summed E-state index contributed by atoms with van der Waals surface area (Å²) in [6.07, 6.45) is -1.32. The zero-order valence-corrected chi connectivity index (χ0v) is 14.7. The molecule has 0 amide bonds. The molecule has 0 saturated carbocycles. The topological polar surface area (TPSA) is 84.5 Å². The fraction of sp³-hybridized carbons (Fsp3) is 0.278.